The van der Waals surface area contributed by atoms with Crippen molar-refractivity contribution >= 4 is 11.3 Å². The van der Waals surface area contributed by atoms with Crippen LogP contribution >= 0.6 is 11.3 Å². The summed E-state index contributed by atoms with van der Waals surface area (Å²) in [7, 11) is 2.05. The molecule has 1 N–H and O–H groups in total. The van der Waals surface area contributed by atoms with Crippen molar-refractivity contribution in [3.8, 4) is 0 Å². The minimum atomic E-state index is 0.426. The monoisotopic (exact) mass is 303 g/mol. The van der Waals surface area contributed by atoms with Gasteiger partial charge in [0.2, 0.25) is 0 Å². The zero-order valence-electron chi connectivity index (χ0n) is 13.3. The Labute approximate surface area is 131 Å². The third kappa shape index (κ3) is 3.22. The van der Waals surface area contributed by atoms with E-state index < -0.39 is 0 Å². The average Bonchev–Trinajstić information content (AvgIpc) is 3.09. The van der Waals surface area contributed by atoms with Crippen molar-refractivity contribution in [3.05, 3.63) is 38.8 Å². The maximum atomic E-state index is 4.48. The Hall–Kier alpha value is -1.13. The summed E-state index contributed by atoms with van der Waals surface area (Å²) >= 11 is 2.02. The van der Waals surface area contributed by atoms with E-state index in [2.05, 4.69) is 36.4 Å². The zero-order valence-corrected chi connectivity index (χ0v) is 14.1. The SMILES string of the molecule is CCCNC(Cc1cc(C)nn1C)c1cc2c(s1)CCC2. The van der Waals surface area contributed by atoms with Gasteiger partial charge in [0, 0.05) is 35.0 Å². The van der Waals surface area contributed by atoms with Crippen molar-refractivity contribution in [1.82, 2.24) is 15.1 Å². The predicted octanol–water partition coefficient (Wildman–Crippen LogP) is 3.56. The van der Waals surface area contributed by atoms with E-state index in [1.807, 2.05) is 23.1 Å². The van der Waals surface area contributed by atoms with Gasteiger partial charge in [-0.25, -0.2) is 0 Å². The fraction of sp³-hybridized carbons (Fsp3) is 0.588. The summed E-state index contributed by atoms with van der Waals surface area (Å²) in [6.45, 7) is 5.37. The number of aryl methyl sites for hydroxylation is 4. The van der Waals surface area contributed by atoms with Crippen molar-refractivity contribution in [2.45, 2.75) is 52.0 Å². The van der Waals surface area contributed by atoms with Crippen LogP contribution < -0.4 is 5.32 Å². The molecular formula is C17H25N3S. The summed E-state index contributed by atoms with van der Waals surface area (Å²) in [4.78, 5) is 3.13. The number of rotatable bonds is 6. The lowest BCUT2D eigenvalue weighted by Crippen LogP contribution is -2.24. The van der Waals surface area contributed by atoms with Crippen LogP contribution in [0, 0.1) is 6.92 Å². The third-order valence-corrected chi connectivity index (χ3v) is 5.61. The molecule has 114 valence electrons. The Kier molecular flexibility index (Phi) is 4.45. The number of nitrogens with one attached hydrogen (secondary N) is 1. The molecule has 1 aliphatic carbocycles. The van der Waals surface area contributed by atoms with Crippen molar-refractivity contribution in [2.24, 2.45) is 7.05 Å². The molecule has 0 radical (unpaired) electrons. The molecule has 0 aromatic carbocycles. The molecule has 2 aromatic rings. The van der Waals surface area contributed by atoms with Crippen molar-refractivity contribution < 1.29 is 0 Å². The van der Waals surface area contributed by atoms with Gasteiger partial charge >= 0.3 is 0 Å². The first-order chi connectivity index (χ1) is 10.2. The van der Waals surface area contributed by atoms with Crippen LogP contribution in [0.4, 0.5) is 0 Å². The molecule has 2 heterocycles. The van der Waals surface area contributed by atoms with E-state index in [0.29, 0.717) is 6.04 Å². The number of aromatic nitrogens is 2. The summed E-state index contributed by atoms with van der Waals surface area (Å²) < 4.78 is 2.03. The molecule has 0 saturated carbocycles. The molecule has 0 saturated heterocycles. The summed E-state index contributed by atoms with van der Waals surface area (Å²) in [5, 5.41) is 8.21. The molecule has 1 aliphatic rings. The van der Waals surface area contributed by atoms with Crippen LogP contribution in [-0.2, 0) is 26.3 Å². The molecule has 3 nitrogen and oxygen atoms in total. The van der Waals surface area contributed by atoms with Crippen LogP contribution in [-0.4, -0.2) is 16.3 Å². The van der Waals surface area contributed by atoms with Gasteiger partial charge in [0.1, 0.15) is 0 Å². The molecule has 2 aromatic heterocycles. The Bertz CT molecular complexity index is 590. The zero-order chi connectivity index (χ0) is 14.8. The number of thiophene rings is 1. The lowest BCUT2D eigenvalue weighted by molar-refractivity contribution is 0.518. The lowest BCUT2D eigenvalue weighted by atomic mass is 10.1. The summed E-state index contributed by atoms with van der Waals surface area (Å²) in [6, 6.07) is 5.08. The normalized spacial score (nSPS) is 15.4. The maximum Gasteiger partial charge on any atom is 0.0596 e. The first-order valence-corrected chi connectivity index (χ1v) is 8.83. The highest BCUT2D eigenvalue weighted by Crippen LogP contribution is 2.34. The minimum absolute atomic E-state index is 0.426. The first-order valence-electron chi connectivity index (χ1n) is 8.01. The van der Waals surface area contributed by atoms with E-state index in [9.17, 15) is 0 Å². The molecule has 0 amide bonds. The van der Waals surface area contributed by atoms with Crippen molar-refractivity contribution in [3.63, 3.8) is 0 Å². The van der Waals surface area contributed by atoms with E-state index >= 15 is 0 Å². The average molecular weight is 303 g/mol. The highest BCUT2D eigenvalue weighted by Gasteiger charge is 2.21. The number of hydrogen-bond donors (Lipinski definition) is 1. The van der Waals surface area contributed by atoms with Gasteiger partial charge in [0.05, 0.1) is 5.69 Å². The molecule has 0 aliphatic heterocycles. The van der Waals surface area contributed by atoms with Crippen molar-refractivity contribution in [1.29, 1.82) is 0 Å². The number of hydrogen-bond acceptors (Lipinski definition) is 3. The van der Waals surface area contributed by atoms with E-state index in [1.165, 1.54) is 36.3 Å². The highest BCUT2D eigenvalue weighted by molar-refractivity contribution is 7.12. The summed E-state index contributed by atoms with van der Waals surface area (Å²) in [5.74, 6) is 0. The van der Waals surface area contributed by atoms with Gasteiger partial charge in [0.25, 0.3) is 0 Å². The van der Waals surface area contributed by atoms with Crippen LogP contribution in [0.15, 0.2) is 12.1 Å². The number of nitrogens with zero attached hydrogens (tertiary/aromatic N) is 2. The Morgan fingerprint density at radius 1 is 1.38 bits per heavy atom. The molecule has 1 atom stereocenters. The van der Waals surface area contributed by atoms with Gasteiger partial charge in [0.15, 0.2) is 0 Å². The lowest BCUT2D eigenvalue weighted by Gasteiger charge is -2.17. The highest BCUT2D eigenvalue weighted by atomic mass is 32.1. The fourth-order valence-corrected chi connectivity index (χ4v) is 4.51. The predicted molar refractivity (Wildman–Crippen MR) is 89.0 cm³/mol. The largest absolute Gasteiger partial charge is 0.309 e. The Morgan fingerprint density at radius 2 is 2.24 bits per heavy atom. The summed E-state index contributed by atoms with van der Waals surface area (Å²) in [6.07, 6.45) is 6.10. The van der Waals surface area contributed by atoms with Gasteiger partial charge < -0.3 is 5.32 Å². The molecule has 0 spiro atoms. The van der Waals surface area contributed by atoms with Gasteiger partial charge in [-0.05, 0) is 56.8 Å². The molecule has 1 unspecified atom stereocenters. The van der Waals surface area contributed by atoms with E-state index in [0.717, 1.165) is 18.7 Å². The van der Waals surface area contributed by atoms with Crippen LogP contribution in [0.1, 0.15) is 52.5 Å². The number of fused-ring (bicyclic) bond motifs is 1. The smallest absolute Gasteiger partial charge is 0.0596 e. The molecular weight excluding hydrogens is 278 g/mol. The van der Waals surface area contributed by atoms with E-state index in [-0.39, 0.29) is 0 Å². The molecule has 4 heteroatoms. The van der Waals surface area contributed by atoms with Gasteiger partial charge in [-0.1, -0.05) is 6.92 Å². The van der Waals surface area contributed by atoms with Gasteiger partial charge in [-0.15, -0.1) is 11.3 Å². The van der Waals surface area contributed by atoms with E-state index in [1.54, 1.807) is 10.4 Å². The topological polar surface area (TPSA) is 29.9 Å². The summed E-state index contributed by atoms with van der Waals surface area (Å²) in [5.41, 5.74) is 4.02. The Morgan fingerprint density at radius 3 is 2.90 bits per heavy atom. The van der Waals surface area contributed by atoms with Gasteiger partial charge in [-0.3, -0.25) is 4.68 Å². The Balaban J connectivity index is 1.81. The first kappa shape index (κ1) is 14.8. The van der Waals surface area contributed by atoms with Crippen LogP contribution in [0.25, 0.3) is 0 Å². The third-order valence-electron chi connectivity index (χ3n) is 4.26. The second-order valence-electron chi connectivity index (χ2n) is 6.06. The standard InChI is InChI=1S/C17H25N3S/c1-4-8-18-15(11-14-9-12(2)19-20(14)3)17-10-13-6-5-7-16(13)21-17/h9-10,15,18H,4-8,11H2,1-3H3. The molecule has 3 rings (SSSR count). The molecule has 0 bridgehead atoms. The fourth-order valence-electron chi connectivity index (χ4n) is 3.18. The van der Waals surface area contributed by atoms with Crippen molar-refractivity contribution in [2.75, 3.05) is 6.54 Å². The molecule has 0 fully saturated rings. The maximum absolute atomic E-state index is 4.48. The van der Waals surface area contributed by atoms with Crippen LogP contribution in [0.3, 0.4) is 0 Å². The molecule has 21 heavy (non-hydrogen) atoms. The minimum Gasteiger partial charge on any atom is -0.309 e. The second-order valence-corrected chi connectivity index (χ2v) is 7.23. The quantitative estimate of drug-likeness (QED) is 0.884. The van der Waals surface area contributed by atoms with Crippen LogP contribution in [0.2, 0.25) is 0 Å². The van der Waals surface area contributed by atoms with Crippen LogP contribution in [0.5, 0.6) is 0 Å². The van der Waals surface area contributed by atoms with Gasteiger partial charge in [-0.2, -0.15) is 5.10 Å². The van der Waals surface area contributed by atoms with E-state index in [4.69, 9.17) is 0 Å². The second kappa shape index (κ2) is 6.32.